The van der Waals surface area contributed by atoms with Crippen molar-refractivity contribution in [1.82, 2.24) is 4.57 Å². The van der Waals surface area contributed by atoms with Crippen molar-refractivity contribution in [2.45, 2.75) is 49.8 Å². The van der Waals surface area contributed by atoms with Crippen molar-refractivity contribution in [3.8, 4) is 16.9 Å². The molecule has 0 aromatic heterocycles. The maximum Gasteiger partial charge on any atom is 0.239 e. The van der Waals surface area contributed by atoms with E-state index in [0.29, 0.717) is 4.90 Å². The van der Waals surface area contributed by atoms with E-state index in [-0.39, 0.29) is 5.92 Å². The van der Waals surface area contributed by atoms with Gasteiger partial charge in [0.15, 0.2) is 0 Å². The average molecular weight is 366 g/mol. The van der Waals surface area contributed by atoms with Crippen LogP contribution in [0, 0.1) is 6.92 Å². The van der Waals surface area contributed by atoms with Gasteiger partial charge in [0, 0.05) is 10.9 Å². The largest absolute Gasteiger partial charge is 0.304 e. The van der Waals surface area contributed by atoms with Crippen molar-refractivity contribution in [3.63, 3.8) is 0 Å². The molecule has 1 fully saturated rings. The number of aryl methyl sites for hydroxylation is 1. The molecule has 3 aliphatic rings. The van der Waals surface area contributed by atoms with Gasteiger partial charge in [-0.15, -0.1) is 0 Å². The summed E-state index contributed by atoms with van der Waals surface area (Å²) in [5, 5.41) is 6.94. The van der Waals surface area contributed by atoms with E-state index in [1.165, 1.54) is 11.8 Å². The number of nitrogens with zero attached hydrogens (tertiary/aromatic N) is 1. The van der Waals surface area contributed by atoms with E-state index < -0.39 is 10.0 Å². The van der Waals surface area contributed by atoms with E-state index in [2.05, 4.69) is 22.8 Å². The second-order valence-corrected chi connectivity index (χ2v) is 9.10. The highest BCUT2D eigenvalue weighted by atomic mass is 32.2. The van der Waals surface area contributed by atoms with Crippen LogP contribution < -0.4 is 5.14 Å². The summed E-state index contributed by atoms with van der Waals surface area (Å²) in [6.45, 7) is 2.01. The molecule has 2 heterocycles. The molecule has 4 nitrogen and oxygen atoms in total. The first-order valence-electron chi connectivity index (χ1n) is 9.29. The smallest absolute Gasteiger partial charge is 0.239 e. The molecule has 2 aromatic carbocycles. The summed E-state index contributed by atoms with van der Waals surface area (Å²) in [6.07, 6.45) is 5.64. The standard InChI is InChI=1S/C21H22N2O2S/c1-13-11-12-16(20-19-15-9-5-6-10-17(15)23(19)20)21(26(22,24)25)18(13)14-7-3-2-4-8-14/h5-6,9-12,14H,2-4,7-8H2,1H3,(H2,22,24,25). The van der Waals surface area contributed by atoms with Crippen molar-refractivity contribution in [2.24, 2.45) is 5.14 Å². The molecule has 1 saturated carbocycles. The Morgan fingerprint density at radius 1 is 1.04 bits per heavy atom. The van der Waals surface area contributed by atoms with E-state index in [4.69, 9.17) is 5.14 Å². The van der Waals surface area contributed by atoms with Gasteiger partial charge in [-0.05, 0) is 42.9 Å². The summed E-state index contributed by atoms with van der Waals surface area (Å²) in [5.74, 6) is 0.288. The number of para-hydroxylation sites is 1. The van der Waals surface area contributed by atoms with Crippen molar-refractivity contribution in [1.29, 1.82) is 0 Å². The number of sulfonamides is 1. The first kappa shape index (κ1) is 16.1. The number of fused-ring (bicyclic) bond motifs is 4. The lowest BCUT2D eigenvalue weighted by Crippen LogP contribution is -2.19. The Hall–Kier alpha value is -2.11. The van der Waals surface area contributed by atoms with Crippen LogP contribution in [0.5, 0.6) is 0 Å². The fraction of sp³-hybridized carbons (Fsp3) is 0.333. The van der Waals surface area contributed by atoms with Gasteiger partial charge in [-0.2, -0.15) is 0 Å². The van der Waals surface area contributed by atoms with Crippen LogP contribution in [0.25, 0.3) is 27.8 Å². The van der Waals surface area contributed by atoms with Gasteiger partial charge in [-0.3, -0.25) is 0 Å². The summed E-state index contributed by atoms with van der Waals surface area (Å²) < 4.78 is 27.4. The average Bonchev–Trinajstić information content (AvgIpc) is 3.28. The third kappa shape index (κ3) is 2.20. The molecule has 0 spiro atoms. The number of rotatable bonds is 3. The fourth-order valence-electron chi connectivity index (χ4n) is 4.81. The number of hydrogen-bond donors (Lipinski definition) is 1. The molecule has 0 radical (unpaired) electrons. The molecular weight excluding hydrogens is 344 g/mol. The third-order valence-corrected chi connectivity index (χ3v) is 7.00. The van der Waals surface area contributed by atoms with Crippen molar-refractivity contribution in [3.05, 3.63) is 47.5 Å². The van der Waals surface area contributed by atoms with Crippen LogP contribution in [0.3, 0.4) is 0 Å². The Morgan fingerprint density at radius 2 is 1.77 bits per heavy atom. The summed E-state index contributed by atoms with van der Waals surface area (Å²) in [4.78, 5) is 0.354. The van der Waals surface area contributed by atoms with E-state index in [1.54, 1.807) is 0 Å². The van der Waals surface area contributed by atoms with Crippen LogP contribution >= 0.6 is 0 Å². The Bertz CT molecular complexity index is 1110. The number of nitrogens with two attached hydrogens (primary N) is 1. The maximum absolute atomic E-state index is 12.6. The number of hydrogen-bond acceptors (Lipinski definition) is 2. The Kier molecular flexibility index (Phi) is 3.37. The molecule has 2 N–H and O–H groups in total. The predicted octanol–water partition coefficient (Wildman–Crippen LogP) is 4.61. The monoisotopic (exact) mass is 366 g/mol. The molecule has 0 atom stereocenters. The van der Waals surface area contributed by atoms with E-state index >= 15 is 0 Å². The van der Waals surface area contributed by atoms with Gasteiger partial charge < -0.3 is 4.57 Å². The molecule has 0 saturated heterocycles. The van der Waals surface area contributed by atoms with Crippen LogP contribution in [0.15, 0.2) is 41.3 Å². The maximum atomic E-state index is 12.6. The summed E-state index contributed by atoms with van der Waals surface area (Å²) in [5.41, 5.74) is 6.06. The number of benzene rings is 2. The zero-order valence-electron chi connectivity index (χ0n) is 14.8. The van der Waals surface area contributed by atoms with Crippen LogP contribution in [-0.4, -0.2) is 13.0 Å². The molecule has 26 heavy (non-hydrogen) atoms. The number of primary sulfonamides is 1. The molecule has 5 rings (SSSR count). The molecule has 1 aliphatic carbocycles. The van der Waals surface area contributed by atoms with Crippen LogP contribution in [0.4, 0.5) is 0 Å². The lowest BCUT2D eigenvalue weighted by atomic mass is 9.81. The topological polar surface area (TPSA) is 65.1 Å². The molecule has 0 bridgehead atoms. The van der Waals surface area contributed by atoms with Gasteiger partial charge in [0.1, 0.15) is 0 Å². The summed E-state index contributed by atoms with van der Waals surface area (Å²) in [6, 6.07) is 12.2. The highest BCUT2D eigenvalue weighted by Gasteiger charge is 2.38. The molecule has 0 amide bonds. The fourth-order valence-corrected chi connectivity index (χ4v) is 5.91. The van der Waals surface area contributed by atoms with Gasteiger partial charge >= 0.3 is 0 Å². The first-order chi connectivity index (χ1) is 12.5. The van der Waals surface area contributed by atoms with Crippen molar-refractivity contribution in [2.75, 3.05) is 0 Å². The normalized spacial score (nSPS) is 17.0. The lowest BCUT2D eigenvalue weighted by molar-refractivity contribution is 0.437. The number of aromatic nitrogens is 1. The summed E-state index contributed by atoms with van der Waals surface area (Å²) in [7, 11) is -3.81. The van der Waals surface area contributed by atoms with Gasteiger partial charge in [-0.1, -0.05) is 49.6 Å². The molecule has 5 heteroatoms. The molecule has 0 unspecified atom stereocenters. The highest BCUT2D eigenvalue weighted by Crippen LogP contribution is 2.53. The summed E-state index contributed by atoms with van der Waals surface area (Å²) >= 11 is 0. The van der Waals surface area contributed by atoms with E-state index in [9.17, 15) is 8.42 Å². The van der Waals surface area contributed by atoms with Crippen molar-refractivity contribution >= 4 is 20.9 Å². The second-order valence-electron chi connectivity index (χ2n) is 7.60. The van der Waals surface area contributed by atoms with Crippen LogP contribution in [0.2, 0.25) is 0 Å². The highest BCUT2D eigenvalue weighted by molar-refractivity contribution is 7.89. The minimum atomic E-state index is -3.81. The Balaban J connectivity index is 1.76. The van der Waals surface area contributed by atoms with Crippen LogP contribution in [-0.2, 0) is 10.0 Å². The van der Waals surface area contributed by atoms with Gasteiger partial charge in [0.05, 0.1) is 21.8 Å². The van der Waals surface area contributed by atoms with Gasteiger partial charge in [0.2, 0.25) is 10.0 Å². The second kappa shape index (κ2) is 5.44. The Labute approximate surface area is 153 Å². The zero-order valence-corrected chi connectivity index (χ0v) is 15.6. The third-order valence-electron chi connectivity index (χ3n) is 5.99. The zero-order chi connectivity index (χ0) is 18.1. The van der Waals surface area contributed by atoms with E-state index in [1.807, 2.05) is 25.1 Å². The van der Waals surface area contributed by atoms with Gasteiger partial charge in [-0.25, -0.2) is 13.6 Å². The quantitative estimate of drug-likeness (QED) is 0.575. The molecule has 2 aromatic rings. The Morgan fingerprint density at radius 3 is 2.46 bits per heavy atom. The molecular formula is C21H22N2O2S. The van der Waals surface area contributed by atoms with E-state index in [0.717, 1.165) is 59.3 Å². The minimum absolute atomic E-state index is 0.288. The van der Waals surface area contributed by atoms with Gasteiger partial charge in [0.25, 0.3) is 0 Å². The minimum Gasteiger partial charge on any atom is -0.304 e. The van der Waals surface area contributed by atoms with Crippen LogP contribution in [0.1, 0.15) is 49.1 Å². The first-order valence-corrected chi connectivity index (χ1v) is 10.8. The molecule has 2 aliphatic heterocycles. The van der Waals surface area contributed by atoms with Crippen molar-refractivity contribution < 1.29 is 8.42 Å². The molecule has 134 valence electrons. The predicted molar refractivity (Wildman–Crippen MR) is 104 cm³/mol. The SMILES string of the molecule is Cc1ccc(-c2c3c4ccccc4n2-3)c(S(N)(=O)=O)c1C1CCCCC1. The lowest BCUT2D eigenvalue weighted by Gasteiger charge is -2.26.